The summed E-state index contributed by atoms with van der Waals surface area (Å²) < 4.78 is 2.66. The van der Waals surface area contributed by atoms with Crippen LogP contribution in [0.15, 0.2) is 200 Å². The molecule has 0 spiro atoms. The Balaban J connectivity index is 1.08. The molecule has 0 saturated heterocycles. The lowest BCUT2D eigenvalue weighted by atomic mass is 9.68. The topological polar surface area (TPSA) is 3.24 Å². The maximum absolute atomic E-state index is 2.36. The van der Waals surface area contributed by atoms with Crippen molar-refractivity contribution < 1.29 is 0 Å². The molecule has 1 aliphatic carbocycles. The van der Waals surface area contributed by atoms with E-state index in [0.29, 0.717) is 0 Å². The van der Waals surface area contributed by atoms with Gasteiger partial charge in [-0.05, 0) is 99.1 Å². The van der Waals surface area contributed by atoms with Gasteiger partial charge in [-0.25, -0.2) is 0 Å². The van der Waals surface area contributed by atoms with E-state index < -0.39 is 5.41 Å². The minimum atomic E-state index is -0.416. The monoisotopic (exact) mass is 667 g/mol. The predicted molar refractivity (Wildman–Crippen MR) is 217 cm³/mol. The highest BCUT2D eigenvalue weighted by atomic mass is 32.1. The van der Waals surface area contributed by atoms with Crippen molar-refractivity contribution in [3.05, 3.63) is 222 Å². The van der Waals surface area contributed by atoms with Gasteiger partial charge in [-0.3, -0.25) is 0 Å². The van der Waals surface area contributed by atoms with Gasteiger partial charge in [-0.1, -0.05) is 146 Å². The predicted octanol–water partition coefficient (Wildman–Crippen LogP) is 13.6. The van der Waals surface area contributed by atoms with Gasteiger partial charge in [0.25, 0.3) is 0 Å². The zero-order valence-electron chi connectivity index (χ0n) is 27.9. The summed E-state index contributed by atoms with van der Waals surface area (Å²) in [6, 6.07) is 73.4. The highest BCUT2D eigenvalue weighted by molar-refractivity contribution is 7.25. The van der Waals surface area contributed by atoms with E-state index in [-0.39, 0.29) is 0 Å². The number of fused-ring (bicyclic) bond motifs is 6. The van der Waals surface area contributed by atoms with Gasteiger partial charge in [-0.2, -0.15) is 0 Å². The first-order chi connectivity index (χ1) is 25.3. The van der Waals surface area contributed by atoms with Gasteiger partial charge in [0, 0.05) is 37.2 Å². The van der Waals surface area contributed by atoms with Crippen LogP contribution in [-0.4, -0.2) is 0 Å². The second-order valence-electron chi connectivity index (χ2n) is 13.3. The van der Waals surface area contributed by atoms with Crippen LogP contribution in [0.2, 0.25) is 0 Å². The van der Waals surface area contributed by atoms with Crippen molar-refractivity contribution in [3.63, 3.8) is 0 Å². The Morgan fingerprint density at radius 1 is 0.353 bits per heavy atom. The van der Waals surface area contributed by atoms with Crippen molar-refractivity contribution in [2.75, 3.05) is 4.90 Å². The zero-order chi connectivity index (χ0) is 33.8. The van der Waals surface area contributed by atoms with Crippen LogP contribution in [0, 0.1) is 0 Å². The number of nitrogens with zero attached hydrogens (tertiary/aromatic N) is 1. The number of hydrogen-bond donors (Lipinski definition) is 0. The first kappa shape index (κ1) is 29.7. The summed E-state index contributed by atoms with van der Waals surface area (Å²) in [4.78, 5) is 2.36. The molecule has 0 fully saturated rings. The molecule has 1 aliphatic rings. The first-order valence-electron chi connectivity index (χ1n) is 17.5. The lowest BCUT2D eigenvalue weighted by Gasteiger charge is -2.34. The van der Waals surface area contributed by atoms with E-state index in [0.717, 1.165) is 17.1 Å². The highest BCUT2D eigenvalue weighted by Crippen LogP contribution is 2.56. The normalized spacial score (nSPS) is 12.9. The van der Waals surface area contributed by atoms with Crippen molar-refractivity contribution in [3.8, 4) is 22.3 Å². The second-order valence-corrected chi connectivity index (χ2v) is 14.4. The van der Waals surface area contributed by atoms with Crippen LogP contribution in [0.5, 0.6) is 0 Å². The number of hydrogen-bond acceptors (Lipinski definition) is 2. The fourth-order valence-corrected chi connectivity index (χ4v) is 9.39. The van der Waals surface area contributed by atoms with Gasteiger partial charge in [0.15, 0.2) is 0 Å². The minimum Gasteiger partial charge on any atom is -0.311 e. The number of benzene rings is 8. The van der Waals surface area contributed by atoms with E-state index in [1.54, 1.807) is 0 Å². The molecule has 0 radical (unpaired) electrons. The molecule has 9 aromatic rings. The largest absolute Gasteiger partial charge is 0.311 e. The molecule has 0 bridgehead atoms. The van der Waals surface area contributed by atoms with Crippen LogP contribution in [0.25, 0.3) is 42.4 Å². The Morgan fingerprint density at radius 3 is 1.53 bits per heavy atom. The summed E-state index contributed by atoms with van der Waals surface area (Å²) in [5, 5.41) is 2.65. The molecule has 10 rings (SSSR count). The highest BCUT2D eigenvalue weighted by Gasteiger charge is 2.45. The van der Waals surface area contributed by atoms with Crippen LogP contribution >= 0.6 is 11.3 Å². The van der Waals surface area contributed by atoms with Gasteiger partial charge < -0.3 is 4.90 Å². The Kier molecular flexibility index (Phi) is 6.97. The van der Waals surface area contributed by atoms with Gasteiger partial charge in [0.2, 0.25) is 0 Å². The molecule has 2 heteroatoms. The molecule has 0 saturated carbocycles. The Labute approximate surface area is 302 Å². The maximum atomic E-state index is 2.36. The molecule has 0 unspecified atom stereocenters. The summed E-state index contributed by atoms with van der Waals surface area (Å²) >= 11 is 1.86. The van der Waals surface area contributed by atoms with E-state index in [4.69, 9.17) is 0 Å². The van der Waals surface area contributed by atoms with Gasteiger partial charge >= 0.3 is 0 Å². The van der Waals surface area contributed by atoms with Crippen LogP contribution in [0.4, 0.5) is 17.1 Å². The molecule has 0 aliphatic heterocycles. The Hall–Kier alpha value is -6.22. The second kappa shape index (κ2) is 12.0. The molecule has 51 heavy (non-hydrogen) atoms. The van der Waals surface area contributed by atoms with Crippen LogP contribution < -0.4 is 4.90 Å². The smallest absolute Gasteiger partial charge is 0.0713 e. The van der Waals surface area contributed by atoms with E-state index >= 15 is 0 Å². The van der Waals surface area contributed by atoms with Crippen molar-refractivity contribution in [1.82, 2.24) is 0 Å². The Morgan fingerprint density at radius 2 is 0.843 bits per heavy atom. The average molecular weight is 668 g/mol. The van der Waals surface area contributed by atoms with E-state index in [2.05, 4.69) is 205 Å². The molecule has 0 atom stereocenters. The summed E-state index contributed by atoms with van der Waals surface area (Å²) in [6.45, 7) is 0. The SMILES string of the molecule is c1ccc(N(c2ccc(-c3ccc4sc5ccccc5c4c3)cc2)c2ccc(C3(c4ccccc4)c4ccccc4-c4ccccc43)cc2)cc1. The number of para-hydroxylation sites is 1. The van der Waals surface area contributed by atoms with Gasteiger partial charge in [0.05, 0.1) is 5.41 Å². The first-order valence-corrected chi connectivity index (χ1v) is 18.3. The molecule has 240 valence electrons. The van der Waals surface area contributed by atoms with E-state index in [1.165, 1.54) is 64.7 Å². The maximum Gasteiger partial charge on any atom is 0.0713 e. The molecule has 1 aromatic heterocycles. The van der Waals surface area contributed by atoms with Crippen LogP contribution in [0.1, 0.15) is 22.3 Å². The summed E-state index contributed by atoms with van der Waals surface area (Å²) in [7, 11) is 0. The standard InChI is InChI=1S/C49H33NS/c1-3-13-36(14-4-1)49(45-20-10-7-17-41(45)42-18-8-11-21-46(42)49)37-26-30-40(31-27-37)50(38-15-5-2-6-16-38)39-28-23-34(24-29-39)35-25-32-48-44(33-35)43-19-9-12-22-47(43)51-48/h1-33H. The zero-order valence-corrected chi connectivity index (χ0v) is 28.7. The summed E-state index contributed by atoms with van der Waals surface area (Å²) in [5.74, 6) is 0. The molecule has 1 heterocycles. The lowest BCUT2D eigenvalue weighted by Crippen LogP contribution is -2.28. The van der Waals surface area contributed by atoms with Gasteiger partial charge in [-0.15, -0.1) is 11.3 Å². The molecule has 8 aromatic carbocycles. The average Bonchev–Trinajstić information content (AvgIpc) is 3.73. The lowest BCUT2D eigenvalue weighted by molar-refractivity contribution is 0.768. The fourth-order valence-electron chi connectivity index (χ4n) is 8.31. The molecule has 0 N–H and O–H groups in total. The molecular formula is C49H33NS. The van der Waals surface area contributed by atoms with Crippen LogP contribution in [-0.2, 0) is 5.41 Å². The van der Waals surface area contributed by atoms with E-state index in [1.807, 2.05) is 11.3 Å². The minimum absolute atomic E-state index is 0.416. The quantitative estimate of drug-likeness (QED) is 0.171. The molecule has 0 amide bonds. The van der Waals surface area contributed by atoms with Crippen molar-refractivity contribution in [2.24, 2.45) is 0 Å². The van der Waals surface area contributed by atoms with Crippen molar-refractivity contribution in [2.45, 2.75) is 5.41 Å². The number of rotatable bonds is 6. The molecular weight excluding hydrogens is 635 g/mol. The molecule has 1 nitrogen and oxygen atoms in total. The third kappa shape index (κ3) is 4.68. The van der Waals surface area contributed by atoms with E-state index in [9.17, 15) is 0 Å². The third-order valence-corrected chi connectivity index (χ3v) is 11.7. The van der Waals surface area contributed by atoms with Crippen molar-refractivity contribution in [1.29, 1.82) is 0 Å². The Bertz CT molecular complexity index is 2630. The summed E-state index contributed by atoms with van der Waals surface area (Å²) in [6.07, 6.45) is 0. The van der Waals surface area contributed by atoms with Gasteiger partial charge in [0.1, 0.15) is 0 Å². The summed E-state index contributed by atoms with van der Waals surface area (Å²) in [5.41, 5.74) is 13.2. The number of anilines is 3. The third-order valence-electron chi connectivity index (χ3n) is 10.6. The fraction of sp³-hybridized carbons (Fsp3) is 0.0204. The van der Waals surface area contributed by atoms with Crippen molar-refractivity contribution >= 4 is 48.6 Å². The van der Waals surface area contributed by atoms with Crippen LogP contribution in [0.3, 0.4) is 0 Å². The number of thiophene rings is 1.